The molecular weight excluding hydrogens is 186 g/mol. The highest BCUT2D eigenvalue weighted by Gasteiger charge is 2.20. The fraction of sp³-hybridized carbons (Fsp3) is 0.750. The molecule has 0 aliphatic carbocycles. The first kappa shape index (κ1) is 12.2. The van der Waals surface area contributed by atoms with Gasteiger partial charge >= 0.3 is 0 Å². The number of hydrogen-bond donors (Lipinski definition) is 1. The van der Waals surface area contributed by atoms with Gasteiger partial charge in [0.2, 0.25) is 0 Å². The van der Waals surface area contributed by atoms with Gasteiger partial charge < -0.3 is 9.88 Å². The van der Waals surface area contributed by atoms with E-state index in [0.717, 1.165) is 13.1 Å². The molecule has 1 N–H and O–H groups in total. The first-order valence-corrected chi connectivity index (χ1v) is 5.98. The van der Waals surface area contributed by atoms with E-state index < -0.39 is 0 Å². The monoisotopic (exact) mass is 209 g/mol. The molecule has 0 bridgehead atoms. The Morgan fingerprint density at radius 3 is 2.67 bits per heavy atom. The van der Waals surface area contributed by atoms with Gasteiger partial charge in [-0.1, -0.05) is 27.2 Å². The molecular formula is C12H23N3. The molecule has 2 unspecified atom stereocenters. The van der Waals surface area contributed by atoms with Crippen molar-refractivity contribution >= 4 is 0 Å². The van der Waals surface area contributed by atoms with E-state index in [9.17, 15) is 0 Å². The van der Waals surface area contributed by atoms with Crippen molar-refractivity contribution in [3.8, 4) is 0 Å². The summed E-state index contributed by atoms with van der Waals surface area (Å²) in [6.45, 7) is 10.8. The lowest BCUT2D eigenvalue weighted by atomic mass is 9.98. The summed E-state index contributed by atoms with van der Waals surface area (Å²) in [7, 11) is 0. The van der Waals surface area contributed by atoms with Gasteiger partial charge in [-0.3, -0.25) is 0 Å². The van der Waals surface area contributed by atoms with Crippen LogP contribution in [0.25, 0.3) is 0 Å². The van der Waals surface area contributed by atoms with Crippen molar-refractivity contribution in [1.29, 1.82) is 0 Å². The third-order valence-corrected chi connectivity index (χ3v) is 3.00. The highest BCUT2D eigenvalue weighted by atomic mass is 15.1. The zero-order chi connectivity index (χ0) is 11.3. The zero-order valence-corrected chi connectivity index (χ0v) is 10.3. The second-order valence-corrected chi connectivity index (χ2v) is 3.99. The lowest BCUT2D eigenvalue weighted by Crippen LogP contribution is -2.29. The molecule has 86 valence electrons. The van der Waals surface area contributed by atoms with Crippen LogP contribution in [0.3, 0.4) is 0 Å². The van der Waals surface area contributed by atoms with Gasteiger partial charge in [0.1, 0.15) is 5.82 Å². The van der Waals surface area contributed by atoms with Crippen LogP contribution in [0.5, 0.6) is 0 Å². The highest BCUT2D eigenvalue weighted by Crippen LogP contribution is 2.22. The summed E-state index contributed by atoms with van der Waals surface area (Å²) in [5.41, 5.74) is 0. The Kier molecular flexibility index (Phi) is 4.82. The fourth-order valence-electron chi connectivity index (χ4n) is 1.87. The number of hydrogen-bond acceptors (Lipinski definition) is 2. The molecule has 0 fully saturated rings. The van der Waals surface area contributed by atoms with Gasteiger partial charge in [0, 0.05) is 18.9 Å². The van der Waals surface area contributed by atoms with Crippen LogP contribution in [0.15, 0.2) is 12.4 Å². The minimum atomic E-state index is 0.384. The molecule has 1 rings (SSSR count). The lowest BCUT2D eigenvalue weighted by Gasteiger charge is -2.24. The van der Waals surface area contributed by atoms with E-state index in [2.05, 4.69) is 48.8 Å². The standard InChI is InChI=1S/C12H23N3/c1-5-10(4)11(13-6-2)12-14-8-9-15(12)7-3/h8-11,13H,5-7H2,1-4H3. The van der Waals surface area contributed by atoms with Crippen LogP contribution in [-0.2, 0) is 6.54 Å². The Morgan fingerprint density at radius 1 is 1.40 bits per heavy atom. The Bertz CT molecular complexity index is 280. The predicted octanol–water partition coefficient (Wildman–Crippen LogP) is 2.60. The molecule has 0 saturated carbocycles. The first-order valence-electron chi connectivity index (χ1n) is 5.98. The Morgan fingerprint density at radius 2 is 2.13 bits per heavy atom. The number of imidazole rings is 1. The second-order valence-electron chi connectivity index (χ2n) is 3.99. The molecule has 1 aromatic rings. The fourth-order valence-corrected chi connectivity index (χ4v) is 1.87. The average molecular weight is 209 g/mol. The quantitative estimate of drug-likeness (QED) is 0.780. The van der Waals surface area contributed by atoms with E-state index in [1.165, 1.54) is 12.2 Å². The third-order valence-electron chi connectivity index (χ3n) is 3.00. The number of nitrogens with zero attached hydrogens (tertiary/aromatic N) is 2. The summed E-state index contributed by atoms with van der Waals surface area (Å²) in [6.07, 6.45) is 5.13. The van der Waals surface area contributed by atoms with Gasteiger partial charge in [-0.25, -0.2) is 4.98 Å². The van der Waals surface area contributed by atoms with Gasteiger partial charge in [0.15, 0.2) is 0 Å². The summed E-state index contributed by atoms with van der Waals surface area (Å²) < 4.78 is 2.22. The maximum absolute atomic E-state index is 4.48. The summed E-state index contributed by atoms with van der Waals surface area (Å²) in [4.78, 5) is 4.48. The van der Waals surface area contributed by atoms with Crippen LogP contribution in [0.4, 0.5) is 0 Å². The second kappa shape index (κ2) is 5.91. The van der Waals surface area contributed by atoms with Gasteiger partial charge in [0.25, 0.3) is 0 Å². The molecule has 0 spiro atoms. The van der Waals surface area contributed by atoms with E-state index in [1.807, 2.05) is 6.20 Å². The summed E-state index contributed by atoms with van der Waals surface area (Å²) in [5, 5.41) is 3.53. The largest absolute Gasteiger partial charge is 0.334 e. The van der Waals surface area contributed by atoms with Crippen molar-refractivity contribution in [1.82, 2.24) is 14.9 Å². The van der Waals surface area contributed by atoms with E-state index in [1.54, 1.807) is 0 Å². The highest BCUT2D eigenvalue weighted by molar-refractivity contribution is 5.01. The molecule has 0 saturated heterocycles. The van der Waals surface area contributed by atoms with Crippen LogP contribution in [0.2, 0.25) is 0 Å². The topological polar surface area (TPSA) is 29.9 Å². The van der Waals surface area contributed by atoms with Crippen molar-refractivity contribution in [3.63, 3.8) is 0 Å². The summed E-state index contributed by atoms with van der Waals surface area (Å²) in [6, 6.07) is 0.384. The molecule has 1 aromatic heterocycles. The number of aryl methyl sites for hydroxylation is 1. The van der Waals surface area contributed by atoms with Crippen molar-refractivity contribution in [2.75, 3.05) is 6.54 Å². The molecule has 0 amide bonds. The van der Waals surface area contributed by atoms with Crippen LogP contribution in [0, 0.1) is 5.92 Å². The lowest BCUT2D eigenvalue weighted by molar-refractivity contribution is 0.358. The van der Waals surface area contributed by atoms with Crippen molar-refractivity contribution in [2.24, 2.45) is 5.92 Å². The van der Waals surface area contributed by atoms with Crippen LogP contribution in [-0.4, -0.2) is 16.1 Å². The molecule has 0 aliphatic heterocycles. The molecule has 1 heterocycles. The van der Waals surface area contributed by atoms with E-state index >= 15 is 0 Å². The third kappa shape index (κ3) is 2.81. The minimum absolute atomic E-state index is 0.384. The van der Waals surface area contributed by atoms with E-state index in [-0.39, 0.29) is 0 Å². The molecule has 0 aromatic carbocycles. The van der Waals surface area contributed by atoms with Crippen LogP contribution in [0.1, 0.15) is 46.0 Å². The maximum Gasteiger partial charge on any atom is 0.126 e. The predicted molar refractivity (Wildman–Crippen MR) is 63.8 cm³/mol. The molecule has 15 heavy (non-hydrogen) atoms. The number of aromatic nitrogens is 2. The molecule has 0 aliphatic rings. The van der Waals surface area contributed by atoms with Crippen molar-refractivity contribution in [3.05, 3.63) is 18.2 Å². The van der Waals surface area contributed by atoms with Crippen molar-refractivity contribution < 1.29 is 0 Å². The van der Waals surface area contributed by atoms with E-state index in [0.29, 0.717) is 12.0 Å². The first-order chi connectivity index (χ1) is 7.24. The van der Waals surface area contributed by atoms with Gasteiger partial charge in [0.05, 0.1) is 6.04 Å². The van der Waals surface area contributed by atoms with Gasteiger partial charge in [-0.2, -0.15) is 0 Å². The minimum Gasteiger partial charge on any atom is -0.334 e. The number of rotatable bonds is 6. The smallest absolute Gasteiger partial charge is 0.126 e. The Hall–Kier alpha value is -0.830. The normalized spacial score (nSPS) is 15.2. The Balaban J connectivity index is 2.87. The molecule has 2 atom stereocenters. The van der Waals surface area contributed by atoms with Crippen molar-refractivity contribution in [2.45, 2.75) is 46.7 Å². The SMILES string of the molecule is CCNC(c1nccn1CC)C(C)CC. The average Bonchev–Trinajstić information content (AvgIpc) is 2.72. The maximum atomic E-state index is 4.48. The Labute approximate surface area is 92.9 Å². The zero-order valence-electron chi connectivity index (χ0n) is 10.3. The summed E-state index contributed by atoms with van der Waals surface area (Å²) >= 11 is 0. The van der Waals surface area contributed by atoms with Gasteiger partial charge in [-0.15, -0.1) is 0 Å². The van der Waals surface area contributed by atoms with Gasteiger partial charge in [-0.05, 0) is 19.4 Å². The number of nitrogens with one attached hydrogen (secondary N) is 1. The van der Waals surface area contributed by atoms with Crippen LogP contribution >= 0.6 is 0 Å². The molecule has 0 radical (unpaired) electrons. The van der Waals surface area contributed by atoms with Crippen LogP contribution < -0.4 is 5.32 Å². The molecule has 3 nitrogen and oxygen atoms in total. The van der Waals surface area contributed by atoms with E-state index in [4.69, 9.17) is 0 Å². The summed E-state index contributed by atoms with van der Waals surface area (Å²) in [5.74, 6) is 1.80. The molecule has 3 heteroatoms.